The molecule has 248 valence electrons. The number of fused-ring (bicyclic) bond motifs is 1. The van der Waals surface area contributed by atoms with E-state index in [0.717, 1.165) is 43.6 Å². The average Bonchev–Trinajstić information content (AvgIpc) is 3.21. The molecule has 2 aromatic carbocycles. The zero-order chi connectivity index (χ0) is 33.0. The molecule has 4 amide bonds. The van der Waals surface area contributed by atoms with Crippen molar-refractivity contribution in [3.63, 3.8) is 0 Å². The molecule has 2 saturated heterocycles. The van der Waals surface area contributed by atoms with Gasteiger partial charge in [0.25, 0.3) is 0 Å². The monoisotopic (exact) mass is 759 g/mol. The molecule has 13 heteroatoms. The molecule has 0 saturated carbocycles. The van der Waals surface area contributed by atoms with Gasteiger partial charge >= 0.3 is 6.03 Å². The molecule has 11 nitrogen and oxygen atoms in total. The molecule has 2 fully saturated rings. The van der Waals surface area contributed by atoms with E-state index in [1.165, 1.54) is 0 Å². The van der Waals surface area contributed by atoms with E-state index in [2.05, 4.69) is 66.4 Å². The van der Waals surface area contributed by atoms with Crippen LogP contribution in [0.15, 0.2) is 45.3 Å². The third-order valence-corrected chi connectivity index (χ3v) is 10.7. The minimum absolute atomic E-state index is 0.0115. The van der Waals surface area contributed by atoms with E-state index < -0.39 is 6.04 Å². The summed E-state index contributed by atoms with van der Waals surface area (Å²) in [6.07, 6.45) is 3.75. The Labute approximate surface area is 287 Å². The summed E-state index contributed by atoms with van der Waals surface area (Å²) in [6.45, 7) is 3.22. The van der Waals surface area contributed by atoms with Crippen molar-refractivity contribution in [1.29, 1.82) is 0 Å². The second-order valence-electron chi connectivity index (χ2n) is 12.7. The number of nitrogens with zero attached hydrogens (tertiary/aromatic N) is 4. The number of nitrogens with two attached hydrogens (primary N) is 1. The van der Waals surface area contributed by atoms with Gasteiger partial charge in [-0.05, 0) is 102 Å². The van der Waals surface area contributed by atoms with Crippen LogP contribution in [0.4, 0.5) is 16.2 Å². The van der Waals surface area contributed by atoms with Gasteiger partial charge in [-0.2, -0.15) is 0 Å². The summed E-state index contributed by atoms with van der Waals surface area (Å²) in [7, 11) is 4.14. The third-order valence-electron chi connectivity index (χ3n) is 9.44. The maximum Gasteiger partial charge on any atom is 0.322 e. The van der Waals surface area contributed by atoms with Crippen molar-refractivity contribution in [1.82, 2.24) is 24.9 Å². The minimum Gasteiger partial charge on any atom is -0.397 e. The number of amides is 4. The zero-order valence-electron chi connectivity index (χ0n) is 26.4. The standard InChI is InChI=1S/C33H43Br2N7O4/c1-39(2)23-8-12-40(13-9-23)20-30(44)37-28(19-29(43)22-17-25(34)31(36)26(35)18-22)32(45)41-14-10-24(11-15-41)42-16-7-21-5-3-4-6-27(21)38-33(42)46/h3-6,17-18,23-24,28H,7-16,19-20,36H2,1-2H3,(H,37,44)(H,38,46)/t28-/m0/s1. The maximum absolute atomic E-state index is 14.0. The molecular weight excluding hydrogens is 718 g/mol. The number of piperidine rings is 2. The van der Waals surface area contributed by atoms with Crippen LogP contribution in [-0.4, -0.2) is 115 Å². The quantitative estimate of drug-likeness (QED) is 0.261. The first-order chi connectivity index (χ1) is 22.0. The van der Waals surface area contributed by atoms with Crippen LogP contribution in [0.1, 0.15) is 48.0 Å². The van der Waals surface area contributed by atoms with Crippen LogP contribution in [-0.2, 0) is 16.0 Å². The number of anilines is 2. The lowest BCUT2D eigenvalue weighted by molar-refractivity contribution is -0.138. The maximum atomic E-state index is 14.0. The number of likely N-dealkylation sites (tertiary alicyclic amines) is 2. The minimum atomic E-state index is -1.01. The molecule has 0 bridgehead atoms. The third kappa shape index (κ3) is 8.28. The van der Waals surface area contributed by atoms with Crippen molar-refractivity contribution in [2.75, 3.05) is 64.4 Å². The number of halogens is 2. The van der Waals surface area contributed by atoms with Gasteiger partial charge in [0.05, 0.1) is 12.2 Å². The van der Waals surface area contributed by atoms with Gasteiger partial charge in [-0.25, -0.2) is 4.79 Å². The van der Waals surface area contributed by atoms with Crippen LogP contribution in [0.25, 0.3) is 0 Å². The summed E-state index contributed by atoms with van der Waals surface area (Å²) in [5, 5.41) is 5.94. The molecule has 0 unspecified atom stereocenters. The van der Waals surface area contributed by atoms with Gasteiger partial charge < -0.3 is 31.1 Å². The number of nitrogens with one attached hydrogen (secondary N) is 2. The number of carbonyl (C=O) groups is 4. The number of ketones is 1. The highest BCUT2D eigenvalue weighted by molar-refractivity contribution is 9.11. The fourth-order valence-electron chi connectivity index (χ4n) is 6.64. The molecular formula is C33H43Br2N7O4. The first kappa shape index (κ1) is 34.3. The van der Waals surface area contributed by atoms with Crippen LogP contribution in [0.2, 0.25) is 0 Å². The fraction of sp³-hybridized carbons (Fsp3) is 0.515. The van der Waals surface area contributed by atoms with Gasteiger partial charge in [0.1, 0.15) is 6.04 Å². The van der Waals surface area contributed by atoms with Crippen molar-refractivity contribution < 1.29 is 19.2 Å². The number of Topliss-reactive ketones (excluding diaryl/α,β-unsaturated/α-hetero) is 1. The van der Waals surface area contributed by atoms with Crippen LogP contribution in [0.5, 0.6) is 0 Å². The average molecular weight is 762 g/mol. The topological polar surface area (TPSA) is 131 Å². The van der Waals surface area contributed by atoms with Gasteiger partial charge in [-0.3, -0.25) is 19.3 Å². The van der Waals surface area contributed by atoms with Gasteiger partial charge in [0, 0.05) is 71.4 Å². The van der Waals surface area contributed by atoms with Crippen LogP contribution < -0.4 is 16.4 Å². The molecule has 3 aliphatic heterocycles. The fourth-order valence-corrected chi connectivity index (χ4v) is 7.83. The summed E-state index contributed by atoms with van der Waals surface area (Å²) < 4.78 is 1.14. The first-order valence-corrected chi connectivity index (χ1v) is 17.5. The molecule has 0 radical (unpaired) electrons. The Hall–Kier alpha value is -3.00. The smallest absolute Gasteiger partial charge is 0.322 e. The molecule has 5 rings (SSSR count). The van der Waals surface area contributed by atoms with Gasteiger partial charge in [-0.1, -0.05) is 18.2 Å². The highest BCUT2D eigenvalue weighted by atomic mass is 79.9. The van der Waals surface area contributed by atoms with Crippen LogP contribution >= 0.6 is 31.9 Å². The van der Waals surface area contributed by atoms with Gasteiger partial charge in [-0.15, -0.1) is 0 Å². The SMILES string of the molecule is CN(C)C1CCN(CC(=O)N[C@@H](CC(=O)c2cc(Br)c(N)c(Br)c2)C(=O)N2CCC(N3CCc4ccccc4NC3=O)CC2)CC1. The Morgan fingerprint density at radius 3 is 2.30 bits per heavy atom. The van der Waals surface area contributed by atoms with Crippen molar-refractivity contribution in [2.24, 2.45) is 0 Å². The molecule has 4 N–H and O–H groups in total. The Morgan fingerprint density at radius 1 is 1.00 bits per heavy atom. The van der Waals surface area contributed by atoms with Crippen molar-refractivity contribution in [2.45, 2.75) is 56.7 Å². The summed E-state index contributed by atoms with van der Waals surface area (Å²) in [5.41, 5.74) is 8.83. The number of rotatable bonds is 9. The zero-order valence-corrected chi connectivity index (χ0v) is 29.6. The predicted octanol–water partition coefficient (Wildman–Crippen LogP) is 3.96. The summed E-state index contributed by atoms with van der Waals surface area (Å²) in [4.78, 5) is 61.7. The molecule has 0 spiro atoms. The van der Waals surface area contributed by atoms with Crippen LogP contribution in [0, 0.1) is 0 Å². The molecule has 0 aromatic heterocycles. The van der Waals surface area contributed by atoms with E-state index in [4.69, 9.17) is 5.73 Å². The van der Waals surface area contributed by atoms with E-state index in [0.29, 0.717) is 58.7 Å². The largest absolute Gasteiger partial charge is 0.397 e. The Balaban J connectivity index is 1.24. The van der Waals surface area contributed by atoms with Crippen molar-refractivity contribution in [3.05, 3.63) is 56.5 Å². The number of carbonyl (C=O) groups excluding carboxylic acids is 4. The van der Waals surface area contributed by atoms with E-state index in [9.17, 15) is 19.2 Å². The molecule has 46 heavy (non-hydrogen) atoms. The summed E-state index contributed by atoms with van der Waals surface area (Å²) >= 11 is 6.79. The second kappa shape index (κ2) is 15.3. The molecule has 2 aromatic rings. The number of para-hydroxylation sites is 1. The van der Waals surface area contributed by atoms with Crippen LogP contribution in [0.3, 0.4) is 0 Å². The number of hydrogen-bond acceptors (Lipinski definition) is 7. The number of hydrogen-bond donors (Lipinski definition) is 3. The number of urea groups is 1. The molecule has 3 aliphatic rings. The Kier molecular flexibility index (Phi) is 11.4. The lowest BCUT2D eigenvalue weighted by Gasteiger charge is -2.39. The van der Waals surface area contributed by atoms with E-state index in [1.807, 2.05) is 29.2 Å². The van der Waals surface area contributed by atoms with Crippen molar-refractivity contribution >= 4 is 66.9 Å². The summed E-state index contributed by atoms with van der Waals surface area (Å²) in [5.74, 6) is -0.833. The molecule has 1 atom stereocenters. The van der Waals surface area contributed by atoms with Gasteiger partial charge in [0.15, 0.2) is 5.78 Å². The first-order valence-electron chi connectivity index (χ1n) is 15.9. The number of benzene rings is 2. The van der Waals surface area contributed by atoms with Crippen molar-refractivity contribution in [3.8, 4) is 0 Å². The molecule has 0 aliphatic carbocycles. The highest BCUT2D eigenvalue weighted by Crippen LogP contribution is 2.30. The summed E-state index contributed by atoms with van der Waals surface area (Å²) in [6, 6.07) is 10.5. The Morgan fingerprint density at radius 2 is 1.65 bits per heavy atom. The second-order valence-corrected chi connectivity index (χ2v) is 14.4. The van der Waals surface area contributed by atoms with E-state index >= 15 is 0 Å². The van der Waals surface area contributed by atoms with Gasteiger partial charge in [0.2, 0.25) is 11.8 Å². The van der Waals surface area contributed by atoms with E-state index in [-0.39, 0.29) is 42.6 Å². The Bertz CT molecular complexity index is 1430. The normalized spacial score (nSPS) is 18.9. The number of nitrogen functional groups attached to an aromatic ring is 1. The molecule has 3 heterocycles. The lowest BCUT2D eigenvalue weighted by Crippen LogP contribution is -2.55. The highest BCUT2D eigenvalue weighted by Gasteiger charge is 2.35. The lowest BCUT2D eigenvalue weighted by atomic mass is 9.99. The van der Waals surface area contributed by atoms with E-state index in [1.54, 1.807) is 17.0 Å². The predicted molar refractivity (Wildman–Crippen MR) is 186 cm³/mol.